The van der Waals surface area contributed by atoms with Gasteiger partial charge in [-0.3, -0.25) is 4.79 Å². The van der Waals surface area contributed by atoms with Crippen LogP contribution in [0.4, 0.5) is 10.1 Å². The molecular weight excluding hydrogens is 321 g/mol. The zero-order valence-corrected chi connectivity index (χ0v) is 13.7. The van der Waals surface area contributed by atoms with Gasteiger partial charge < -0.3 is 14.6 Å². The van der Waals surface area contributed by atoms with Crippen molar-refractivity contribution in [3.8, 4) is 0 Å². The van der Waals surface area contributed by atoms with Crippen molar-refractivity contribution < 1.29 is 13.6 Å². The fraction of sp³-hybridized carbons (Fsp3) is 0.375. The smallest absolute Gasteiger partial charge is 0.289 e. The van der Waals surface area contributed by atoms with Crippen LogP contribution in [0.5, 0.6) is 0 Å². The van der Waals surface area contributed by atoms with Crippen molar-refractivity contribution in [2.45, 2.75) is 26.3 Å². The molecule has 1 amide bonds. The number of halogens is 2. The highest BCUT2D eigenvalue weighted by molar-refractivity contribution is 6.30. The first-order chi connectivity index (χ1) is 10.9. The lowest BCUT2D eigenvalue weighted by Gasteiger charge is -2.19. The molecule has 0 aliphatic carbocycles. The van der Waals surface area contributed by atoms with Crippen molar-refractivity contribution in [1.29, 1.82) is 0 Å². The molecule has 1 aliphatic rings. The van der Waals surface area contributed by atoms with Crippen LogP contribution in [0.25, 0.3) is 0 Å². The molecule has 1 atom stereocenters. The molecule has 3 rings (SSSR count). The summed E-state index contributed by atoms with van der Waals surface area (Å²) in [4.78, 5) is 18.3. The van der Waals surface area contributed by atoms with Crippen LogP contribution < -0.4 is 10.2 Å². The first kappa shape index (κ1) is 15.8. The van der Waals surface area contributed by atoms with Gasteiger partial charge in [-0.2, -0.15) is 0 Å². The molecule has 1 aromatic carbocycles. The minimum absolute atomic E-state index is 0.0222. The van der Waals surface area contributed by atoms with Crippen LogP contribution in [0.15, 0.2) is 22.6 Å². The topological polar surface area (TPSA) is 58.4 Å². The Kier molecular flexibility index (Phi) is 4.26. The van der Waals surface area contributed by atoms with Crippen LogP contribution in [-0.4, -0.2) is 30.0 Å². The Balaban J connectivity index is 1.64. The van der Waals surface area contributed by atoms with Crippen molar-refractivity contribution in [2.75, 3.05) is 18.0 Å². The first-order valence-electron chi connectivity index (χ1n) is 7.39. The second-order valence-corrected chi connectivity index (χ2v) is 6.06. The number of hydrogen-bond donors (Lipinski definition) is 1. The molecule has 2 heterocycles. The molecule has 0 bridgehead atoms. The molecule has 0 radical (unpaired) electrons. The van der Waals surface area contributed by atoms with Gasteiger partial charge in [-0.05, 0) is 31.5 Å². The van der Waals surface area contributed by atoms with E-state index in [0.717, 1.165) is 18.7 Å². The number of hydrogen-bond acceptors (Lipinski definition) is 4. The van der Waals surface area contributed by atoms with Gasteiger partial charge in [0.1, 0.15) is 5.82 Å². The van der Waals surface area contributed by atoms with Gasteiger partial charge in [0.05, 0.1) is 10.7 Å². The summed E-state index contributed by atoms with van der Waals surface area (Å²) < 4.78 is 18.9. The fourth-order valence-electron chi connectivity index (χ4n) is 2.79. The third-order valence-corrected chi connectivity index (χ3v) is 4.21. The van der Waals surface area contributed by atoms with Crippen molar-refractivity contribution in [2.24, 2.45) is 0 Å². The summed E-state index contributed by atoms with van der Waals surface area (Å²) in [6, 6.07) is 4.71. The van der Waals surface area contributed by atoms with Gasteiger partial charge in [0.2, 0.25) is 5.76 Å². The van der Waals surface area contributed by atoms with E-state index in [9.17, 15) is 9.18 Å². The van der Waals surface area contributed by atoms with Gasteiger partial charge in [-0.1, -0.05) is 11.6 Å². The maximum atomic E-state index is 13.6. The Morgan fingerprint density at radius 2 is 2.26 bits per heavy atom. The Morgan fingerprint density at radius 1 is 1.48 bits per heavy atom. The van der Waals surface area contributed by atoms with Crippen LogP contribution in [0.3, 0.4) is 0 Å². The summed E-state index contributed by atoms with van der Waals surface area (Å²) in [6.07, 6.45) is 0.780. The molecule has 5 nitrogen and oxygen atoms in total. The molecule has 1 fully saturated rings. The van der Waals surface area contributed by atoms with Gasteiger partial charge in [0.15, 0.2) is 5.89 Å². The van der Waals surface area contributed by atoms with E-state index in [4.69, 9.17) is 16.0 Å². The number of oxazole rings is 1. The molecule has 1 N–H and O–H groups in total. The molecular formula is C16H17ClFN3O2. The summed E-state index contributed by atoms with van der Waals surface area (Å²) in [5, 5.41) is 3.05. The minimum atomic E-state index is -0.440. The van der Waals surface area contributed by atoms with Gasteiger partial charge in [-0.25, -0.2) is 9.37 Å². The molecule has 7 heteroatoms. The van der Waals surface area contributed by atoms with Crippen LogP contribution in [0.2, 0.25) is 5.02 Å². The molecule has 23 heavy (non-hydrogen) atoms. The van der Waals surface area contributed by atoms with Crippen molar-refractivity contribution in [3.63, 3.8) is 0 Å². The minimum Gasteiger partial charge on any atom is -0.436 e. The summed E-state index contributed by atoms with van der Waals surface area (Å²) in [7, 11) is 0. The van der Waals surface area contributed by atoms with E-state index in [1.165, 1.54) is 6.07 Å². The monoisotopic (exact) mass is 337 g/mol. The van der Waals surface area contributed by atoms with Gasteiger partial charge >= 0.3 is 0 Å². The van der Waals surface area contributed by atoms with E-state index < -0.39 is 5.82 Å². The number of rotatable bonds is 3. The lowest BCUT2D eigenvalue weighted by molar-refractivity contribution is 0.0910. The normalized spacial score (nSPS) is 17.6. The van der Waals surface area contributed by atoms with Crippen molar-refractivity contribution in [1.82, 2.24) is 10.3 Å². The molecule has 1 saturated heterocycles. The standard InChI is InChI=1S/C16H17ClFN3O2/c1-9-15(23-10(2)19-9)16(22)20-11-5-6-21(8-11)12-3-4-13(17)14(18)7-12/h3-4,7,11H,5-6,8H2,1-2H3,(H,20,22). The van der Waals surface area contributed by atoms with Crippen LogP contribution in [0, 0.1) is 19.7 Å². The number of aryl methyl sites for hydroxylation is 2. The SMILES string of the molecule is Cc1nc(C)c(C(=O)NC2CCN(c3ccc(Cl)c(F)c3)C2)o1. The van der Waals surface area contributed by atoms with Crippen LogP contribution >= 0.6 is 11.6 Å². The summed E-state index contributed by atoms with van der Waals surface area (Å²) in [5.41, 5.74) is 1.34. The first-order valence-corrected chi connectivity index (χ1v) is 7.76. The number of nitrogens with one attached hydrogen (secondary N) is 1. The molecule has 122 valence electrons. The van der Waals surface area contributed by atoms with Gasteiger partial charge in [0, 0.05) is 31.7 Å². The van der Waals surface area contributed by atoms with Gasteiger partial charge in [0.25, 0.3) is 5.91 Å². The van der Waals surface area contributed by atoms with Gasteiger partial charge in [-0.15, -0.1) is 0 Å². The lowest BCUT2D eigenvalue weighted by Crippen LogP contribution is -2.37. The van der Waals surface area contributed by atoms with Crippen LogP contribution in [0.1, 0.15) is 28.6 Å². The molecule has 0 saturated carbocycles. The summed E-state index contributed by atoms with van der Waals surface area (Å²) in [5.74, 6) is 0.0116. The average molecular weight is 338 g/mol. The lowest BCUT2D eigenvalue weighted by atomic mass is 10.2. The van der Waals surface area contributed by atoms with Crippen LogP contribution in [-0.2, 0) is 0 Å². The Hall–Kier alpha value is -2.08. The number of anilines is 1. The fourth-order valence-corrected chi connectivity index (χ4v) is 2.90. The second kappa shape index (κ2) is 6.20. The van der Waals surface area contributed by atoms with E-state index in [-0.39, 0.29) is 22.7 Å². The highest BCUT2D eigenvalue weighted by Crippen LogP contribution is 2.25. The molecule has 0 spiro atoms. The Labute approximate surface area is 138 Å². The summed E-state index contributed by atoms with van der Waals surface area (Å²) >= 11 is 5.70. The molecule has 2 aromatic rings. The van der Waals surface area contributed by atoms with E-state index in [0.29, 0.717) is 18.1 Å². The van der Waals surface area contributed by atoms with Crippen molar-refractivity contribution >= 4 is 23.2 Å². The number of benzene rings is 1. The zero-order chi connectivity index (χ0) is 16.6. The quantitative estimate of drug-likeness (QED) is 0.935. The highest BCUT2D eigenvalue weighted by Gasteiger charge is 2.26. The molecule has 1 unspecified atom stereocenters. The van der Waals surface area contributed by atoms with Crippen molar-refractivity contribution in [3.05, 3.63) is 46.4 Å². The third kappa shape index (κ3) is 3.32. The second-order valence-electron chi connectivity index (χ2n) is 5.65. The molecule has 1 aliphatic heterocycles. The largest absolute Gasteiger partial charge is 0.436 e. The number of carbonyl (C=O) groups excluding carboxylic acids is 1. The predicted octanol–water partition coefficient (Wildman–Crippen LogP) is 3.09. The van der Waals surface area contributed by atoms with E-state index in [1.54, 1.807) is 26.0 Å². The number of aromatic nitrogens is 1. The zero-order valence-electron chi connectivity index (χ0n) is 12.9. The third-order valence-electron chi connectivity index (χ3n) is 3.90. The maximum absolute atomic E-state index is 13.6. The number of carbonyl (C=O) groups is 1. The number of nitrogens with zero attached hydrogens (tertiary/aromatic N) is 2. The maximum Gasteiger partial charge on any atom is 0.289 e. The van der Waals surface area contributed by atoms with E-state index >= 15 is 0 Å². The van der Waals surface area contributed by atoms with E-state index in [1.807, 2.05) is 4.90 Å². The average Bonchev–Trinajstić information content (AvgIpc) is 3.08. The molecule has 1 aromatic heterocycles. The van der Waals surface area contributed by atoms with E-state index in [2.05, 4.69) is 10.3 Å². The highest BCUT2D eigenvalue weighted by atomic mass is 35.5. The summed E-state index contributed by atoms with van der Waals surface area (Å²) in [6.45, 7) is 4.79. The number of amides is 1. The Morgan fingerprint density at radius 3 is 2.91 bits per heavy atom. The Bertz CT molecular complexity index is 747. The predicted molar refractivity (Wildman–Crippen MR) is 85.5 cm³/mol.